The average molecular weight is 255 g/mol. The Morgan fingerprint density at radius 3 is 2.67 bits per heavy atom. The second-order valence-corrected chi connectivity index (χ2v) is 4.87. The average Bonchev–Trinajstić information content (AvgIpc) is 2.87. The highest BCUT2D eigenvalue weighted by Gasteiger charge is 2.30. The molecule has 0 bridgehead atoms. The molecule has 1 atom stereocenters. The van der Waals surface area contributed by atoms with Crippen LogP contribution in [0, 0.1) is 5.92 Å². The van der Waals surface area contributed by atoms with Gasteiger partial charge in [-0.1, -0.05) is 0 Å². The Labute approximate surface area is 107 Å². The van der Waals surface area contributed by atoms with E-state index in [1.54, 1.807) is 0 Å². The van der Waals surface area contributed by atoms with Crippen LogP contribution in [0.3, 0.4) is 0 Å². The summed E-state index contributed by atoms with van der Waals surface area (Å²) in [7, 11) is 1.41. The van der Waals surface area contributed by atoms with Gasteiger partial charge in [-0.2, -0.15) is 0 Å². The van der Waals surface area contributed by atoms with Gasteiger partial charge in [-0.3, -0.25) is 14.5 Å². The van der Waals surface area contributed by atoms with E-state index in [0.29, 0.717) is 13.1 Å². The summed E-state index contributed by atoms with van der Waals surface area (Å²) in [6.45, 7) is 5.18. The number of likely N-dealkylation sites (tertiary alicyclic amines) is 1. The number of hydrogen-bond acceptors (Lipinski definition) is 5. The molecule has 0 unspecified atom stereocenters. The Kier molecular flexibility index (Phi) is 4.54. The van der Waals surface area contributed by atoms with Gasteiger partial charge in [0.05, 0.1) is 19.6 Å². The fourth-order valence-corrected chi connectivity index (χ4v) is 2.54. The van der Waals surface area contributed by atoms with Crippen LogP contribution < -0.4 is 5.32 Å². The number of amides is 1. The standard InChI is InChI=1S/C12H21N3O3/c1-18-12(17)10-2-5-14(8-10)9-11(16)15-6-3-13-4-7-15/h10,13H,2-9H2,1H3/t10-/m1/s1. The Morgan fingerprint density at radius 2 is 2.00 bits per heavy atom. The summed E-state index contributed by atoms with van der Waals surface area (Å²) in [5.41, 5.74) is 0. The van der Waals surface area contributed by atoms with E-state index in [1.807, 2.05) is 9.80 Å². The first-order chi connectivity index (χ1) is 8.70. The molecule has 2 saturated heterocycles. The molecule has 2 aliphatic rings. The van der Waals surface area contributed by atoms with Gasteiger partial charge in [0.15, 0.2) is 0 Å². The van der Waals surface area contributed by atoms with Gasteiger partial charge in [0.1, 0.15) is 0 Å². The number of carbonyl (C=O) groups is 2. The third kappa shape index (κ3) is 3.20. The smallest absolute Gasteiger partial charge is 0.310 e. The Bertz CT molecular complexity index is 316. The third-order valence-electron chi connectivity index (χ3n) is 3.64. The van der Waals surface area contributed by atoms with Crippen LogP contribution >= 0.6 is 0 Å². The molecule has 2 rings (SSSR count). The number of hydrogen-bond donors (Lipinski definition) is 1. The molecule has 6 nitrogen and oxygen atoms in total. The van der Waals surface area contributed by atoms with Gasteiger partial charge in [0.2, 0.25) is 5.91 Å². The maximum Gasteiger partial charge on any atom is 0.310 e. The van der Waals surface area contributed by atoms with E-state index >= 15 is 0 Å². The largest absolute Gasteiger partial charge is 0.469 e. The molecular formula is C12H21N3O3. The Morgan fingerprint density at radius 1 is 1.28 bits per heavy atom. The number of esters is 1. The molecule has 0 radical (unpaired) electrons. The van der Waals surface area contributed by atoms with Crippen LogP contribution in [0.1, 0.15) is 6.42 Å². The van der Waals surface area contributed by atoms with Crippen molar-refractivity contribution < 1.29 is 14.3 Å². The van der Waals surface area contributed by atoms with Crippen LogP contribution in [-0.2, 0) is 14.3 Å². The molecule has 6 heteroatoms. The third-order valence-corrected chi connectivity index (χ3v) is 3.64. The van der Waals surface area contributed by atoms with Gasteiger partial charge in [-0.15, -0.1) is 0 Å². The van der Waals surface area contributed by atoms with Gasteiger partial charge < -0.3 is 15.0 Å². The minimum absolute atomic E-state index is 0.0641. The summed E-state index contributed by atoms with van der Waals surface area (Å²) in [5.74, 6) is -0.0556. The number of rotatable bonds is 3. The molecule has 0 saturated carbocycles. The normalized spacial score (nSPS) is 25.2. The molecule has 18 heavy (non-hydrogen) atoms. The predicted octanol–water partition coefficient (Wildman–Crippen LogP) is -1.09. The molecule has 2 aliphatic heterocycles. The first kappa shape index (κ1) is 13.3. The van der Waals surface area contributed by atoms with Crippen molar-refractivity contribution in [1.82, 2.24) is 15.1 Å². The van der Waals surface area contributed by atoms with Gasteiger partial charge >= 0.3 is 5.97 Å². The quantitative estimate of drug-likeness (QED) is 0.650. The van der Waals surface area contributed by atoms with Gasteiger partial charge in [0, 0.05) is 32.7 Å². The number of piperazine rings is 1. The molecule has 2 heterocycles. The van der Waals surface area contributed by atoms with Crippen LogP contribution in [-0.4, -0.2) is 74.6 Å². The van der Waals surface area contributed by atoms with Crippen molar-refractivity contribution in [3.8, 4) is 0 Å². The van der Waals surface area contributed by atoms with E-state index in [0.717, 1.165) is 39.1 Å². The molecule has 0 aliphatic carbocycles. The van der Waals surface area contributed by atoms with Crippen molar-refractivity contribution in [2.75, 3.05) is 52.9 Å². The Balaban J connectivity index is 1.76. The first-order valence-electron chi connectivity index (χ1n) is 6.49. The van der Waals surface area contributed by atoms with Crippen LogP contribution in [0.15, 0.2) is 0 Å². The van der Waals surface area contributed by atoms with E-state index in [1.165, 1.54) is 7.11 Å². The number of nitrogens with zero attached hydrogens (tertiary/aromatic N) is 2. The zero-order valence-corrected chi connectivity index (χ0v) is 10.9. The van der Waals surface area contributed by atoms with E-state index in [-0.39, 0.29) is 17.8 Å². The predicted molar refractivity (Wildman–Crippen MR) is 66.0 cm³/mol. The molecule has 1 N–H and O–H groups in total. The molecule has 0 aromatic carbocycles. The van der Waals surface area contributed by atoms with Crippen molar-refractivity contribution in [3.63, 3.8) is 0 Å². The SMILES string of the molecule is COC(=O)[C@@H]1CCN(CC(=O)N2CCNCC2)C1. The van der Waals surface area contributed by atoms with Gasteiger partial charge in [-0.05, 0) is 13.0 Å². The maximum atomic E-state index is 12.0. The van der Waals surface area contributed by atoms with Crippen LogP contribution in [0.4, 0.5) is 0 Å². The summed E-state index contributed by atoms with van der Waals surface area (Å²) in [5, 5.41) is 3.22. The lowest BCUT2D eigenvalue weighted by molar-refractivity contribution is -0.145. The monoisotopic (exact) mass is 255 g/mol. The zero-order chi connectivity index (χ0) is 13.0. The molecular weight excluding hydrogens is 234 g/mol. The fourth-order valence-electron chi connectivity index (χ4n) is 2.54. The van der Waals surface area contributed by atoms with Crippen molar-refractivity contribution in [2.45, 2.75) is 6.42 Å². The molecule has 102 valence electrons. The van der Waals surface area contributed by atoms with Crippen molar-refractivity contribution in [2.24, 2.45) is 5.92 Å². The summed E-state index contributed by atoms with van der Waals surface area (Å²) in [6.07, 6.45) is 0.793. The lowest BCUT2D eigenvalue weighted by Crippen LogP contribution is -2.49. The lowest BCUT2D eigenvalue weighted by atomic mass is 10.1. The number of nitrogens with one attached hydrogen (secondary N) is 1. The molecule has 2 fully saturated rings. The number of ether oxygens (including phenoxy) is 1. The van der Waals surface area contributed by atoms with Crippen molar-refractivity contribution >= 4 is 11.9 Å². The molecule has 0 aromatic heterocycles. The highest BCUT2D eigenvalue weighted by Crippen LogP contribution is 2.17. The summed E-state index contributed by atoms with van der Waals surface area (Å²) in [6, 6.07) is 0. The zero-order valence-electron chi connectivity index (χ0n) is 10.9. The number of methoxy groups -OCH3 is 1. The maximum absolute atomic E-state index is 12.0. The lowest BCUT2D eigenvalue weighted by Gasteiger charge is -2.29. The highest BCUT2D eigenvalue weighted by atomic mass is 16.5. The topological polar surface area (TPSA) is 61.9 Å². The molecule has 0 spiro atoms. The minimum atomic E-state index is -0.160. The van der Waals surface area contributed by atoms with E-state index in [2.05, 4.69) is 5.32 Å². The van der Waals surface area contributed by atoms with E-state index < -0.39 is 0 Å². The second-order valence-electron chi connectivity index (χ2n) is 4.87. The number of carbonyl (C=O) groups excluding carboxylic acids is 2. The van der Waals surface area contributed by atoms with Crippen molar-refractivity contribution in [3.05, 3.63) is 0 Å². The molecule has 1 amide bonds. The minimum Gasteiger partial charge on any atom is -0.469 e. The second kappa shape index (κ2) is 6.15. The summed E-state index contributed by atoms with van der Waals surface area (Å²) in [4.78, 5) is 27.4. The Hall–Kier alpha value is -1.14. The van der Waals surface area contributed by atoms with Crippen LogP contribution in [0.25, 0.3) is 0 Å². The summed E-state index contributed by atoms with van der Waals surface area (Å²) < 4.78 is 4.73. The summed E-state index contributed by atoms with van der Waals surface area (Å²) >= 11 is 0. The van der Waals surface area contributed by atoms with Gasteiger partial charge in [-0.25, -0.2) is 0 Å². The first-order valence-corrected chi connectivity index (χ1v) is 6.49. The van der Waals surface area contributed by atoms with E-state index in [4.69, 9.17) is 4.74 Å². The fraction of sp³-hybridized carbons (Fsp3) is 0.833. The van der Waals surface area contributed by atoms with Crippen LogP contribution in [0.5, 0.6) is 0 Å². The highest BCUT2D eigenvalue weighted by molar-refractivity contribution is 5.79. The van der Waals surface area contributed by atoms with Crippen molar-refractivity contribution in [1.29, 1.82) is 0 Å². The molecule has 0 aromatic rings. The van der Waals surface area contributed by atoms with Crippen LogP contribution in [0.2, 0.25) is 0 Å². The van der Waals surface area contributed by atoms with Gasteiger partial charge in [0.25, 0.3) is 0 Å². The van der Waals surface area contributed by atoms with E-state index in [9.17, 15) is 9.59 Å².